The van der Waals surface area contributed by atoms with E-state index in [1.54, 1.807) is 6.08 Å². The summed E-state index contributed by atoms with van der Waals surface area (Å²) in [7, 11) is 0. The highest BCUT2D eigenvalue weighted by molar-refractivity contribution is 5.85. The van der Waals surface area contributed by atoms with Crippen molar-refractivity contribution in [1.82, 2.24) is 9.47 Å². The highest BCUT2D eigenvalue weighted by atomic mass is 16.5. The molecule has 0 atom stereocenters. The summed E-state index contributed by atoms with van der Waals surface area (Å²) in [5, 5.41) is 11.1. The number of ether oxygens (including phenoxy) is 1. The van der Waals surface area contributed by atoms with Gasteiger partial charge in [0.15, 0.2) is 0 Å². The van der Waals surface area contributed by atoms with Crippen LogP contribution in [0.3, 0.4) is 0 Å². The molecule has 4 nitrogen and oxygen atoms in total. The van der Waals surface area contributed by atoms with Gasteiger partial charge < -0.3 is 14.4 Å². The van der Waals surface area contributed by atoms with Gasteiger partial charge in [0.2, 0.25) is 0 Å². The van der Waals surface area contributed by atoms with Gasteiger partial charge in [-0.05, 0) is 55.0 Å². The van der Waals surface area contributed by atoms with Crippen LogP contribution in [0.2, 0.25) is 0 Å². The second-order valence-electron chi connectivity index (χ2n) is 8.22. The largest absolute Gasteiger partial charge is 0.490 e. The Morgan fingerprint density at radius 1 is 1.10 bits per heavy atom. The van der Waals surface area contributed by atoms with E-state index in [1.165, 1.54) is 22.0 Å². The first kappa shape index (κ1) is 20.7. The normalized spacial score (nSPS) is 15.5. The number of rotatable bonds is 9. The molecule has 2 aromatic carbocycles. The first-order chi connectivity index (χ1) is 14.7. The van der Waals surface area contributed by atoms with Gasteiger partial charge in [-0.2, -0.15) is 0 Å². The van der Waals surface area contributed by atoms with Gasteiger partial charge >= 0.3 is 0 Å². The van der Waals surface area contributed by atoms with Crippen molar-refractivity contribution in [2.75, 3.05) is 19.7 Å². The number of aryl methyl sites for hydroxylation is 2. The molecule has 0 saturated carbocycles. The summed E-state index contributed by atoms with van der Waals surface area (Å²) in [6, 6.07) is 17.1. The smallest absolute Gasteiger partial charge is 0.120 e. The van der Waals surface area contributed by atoms with Crippen molar-refractivity contribution in [3.63, 3.8) is 0 Å². The summed E-state index contributed by atoms with van der Waals surface area (Å²) in [5.41, 5.74) is 3.99. The van der Waals surface area contributed by atoms with Crippen LogP contribution in [0.1, 0.15) is 30.4 Å². The van der Waals surface area contributed by atoms with Crippen molar-refractivity contribution in [3.8, 4) is 5.75 Å². The molecule has 0 unspecified atom stereocenters. The predicted octanol–water partition coefficient (Wildman–Crippen LogP) is 4.80. The van der Waals surface area contributed by atoms with Gasteiger partial charge in [0.05, 0.1) is 6.10 Å². The van der Waals surface area contributed by atoms with Gasteiger partial charge in [-0.25, -0.2) is 0 Å². The fraction of sp³-hybridized carbons (Fsp3) is 0.385. The van der Waals surface area contributed by atoms with Gasteiger partial charge in [-0.3, -0.25) is 4.90 Å². The quantitative estimate of drug-likeness (QED) is 0.521. The zero-order chi connectivity index (χ0) is 20.8. The molecule has 1 aromatic heterocycles. The Bertz CT molecular complexity index is 956. The number of aromatic nitrogens is 1. The van der Waals surface area contributed by atoms with Crippen molar-refractivity contribution in [2.24, 2.45) is 0 Å². The highest BCUT2D eigenvalue weighted by Gasteiger charge is 2.19. The maximum absolute atomic E-state index is 9.82. The summed E-state index contributed by atoms with van der Waals surface area (Å²) >= 11 is 0. The molecule has 1 N–H and O–H groups in total. The van der Waals surface area contributed by atoms with Crippen molar-refractivity contribution in [1.29, 1.82) is 0 Å². The molecule has 0 bridgehead atoms. The fourth-order valence-electron chi connectivity index (χ4n) is 4.32. The molecule has 0 spiro atoms. The molecule has 4 heteroatoms. The van der Waals surface area contributed by atoms with Crippen LogP contribution in [0.5, 0.6) is 5.75 Å². The Labute approximate surface area is 179 Å². The fourth-order valence-corrected chi connectivity index (χ4v) is 4.32. The third-order valence-corrected chi connectivity index (χ3v) is 5.96. The van der Waals surface area contributed by atoms with Crippen molar-refractivity contribution in [3.05, 3.63) is 78.5 Å². The average molecular weight is 405 g/mol. The van der Waals surface area contributed by atoms with Crippen LogP contribution < -0.4 is 4.74 Å². The second kappa shape index (κ2) is 9.96. The maximum Gasteiger partial charge on any atom is 0.120 e. The molecule has 1 saturated heterocycles. The Balaban J connectivity index is 1.53. The Hall–Kier alpha value is -2.56. The van der Waals surface area contributed by atoms with Crippen LogP contribution in [0.15, 0.2) is 67.4 Å². The molecule has 3 aromatic rings. The van der Waals surface area contributed by atoms with Crippen LogP contribution in [-0.2, 0) is 19.5 Å². The summed E-state index contributed by atoms with van der Waals surface area (Å²) in [4.78, 5) is 2.45. The number of benzene rings is 2. The van der Waals surface area contributed by atoms with E-state index >= 15 is 0 Å². The number of hydrogen-bond acceptors (Lipinski definition) is 3. The van der Waals surface area contributed by atoms with E-state index in [9.17, 15) is 5.11 Å². The lowest BCUT2D eigenvalue weighted by atomic mass is 10.1. The molecular weight excluding hydrogens is 372 g/mol. The molecule has 0 amide bonds. The van der Waals surface area contributed by atoms with E-state index in [1.807, 2.05) is 0 Å². The highest BCUT2D eigenvalue weighted by Crippen LogP contribution is 2.28. The lowest BCUT2D eigenvalue weighted by molar-refractivity contribution is 0.0794. The van der Waals surface area contributed by atoms with E-state index < -0.39 is 0 Å². The summed E-state index contributed by atoms with van der Waals surface area (Å²) < 4.78 is 8.19. The molecule has 4 rings (SSSR count). The predicted molar refractivity (Wildman–Crippen MR) is 123 cm³/mol. The first-order valence-electron chi connectivity index (χ1n) is 11.0. The molecule has 2 heterocycles. The molecule has 158 valence electrons. The van der Waals surface area contributed by atoms with E-state index in [0.717, 1.165) is 57.6 Å². The molecule has 1 aliphatic rings. The zero-order valence-electron chi connectivity index (χ0n) is 17.7. The topological polar surface area (TPSA) is 37.6 Å². The molecule has 0 aliphatic carbocycles. The number of nitrogens with zero attached hydrogens (tertiary/aromatic N) is 2. The van der Waals surface area contributed by atoms with E-state index in [0.29, 0.717) is 6.61 Å². The Kier molecular flexibility index (Phi) is 6.88. The molecule has 1 fully saturated rings. The van der Waals surface area contributed by atoms with Crippen LogP contribution >= 0.6 is 0 Å². The number of likely N-dealkylation sites (tertiary alicyclic amines) is 1. The first-order valence-corrected chi connectivity index (χ1v) is 11.0. The average Bonchev–Trinajstić information content (AvgIpc) is 3.11. The third-order valence-electron chi connectivity index (χ3n) is 5.96. The van der Waals surface area contributed by atoms with E-state index in [4.69, 9.17) is 4.74 Å². The number of fused-ring (bicyclic) bond motifs is 1. The summed E-state index contributed by atoms with van der Waals surface area (Å²) in [6.45, 7) is 8.08. The minimum atomic E-state index is -0.139. The van der Waals surface area contributed by atoms with Gasteiger partial charge in [0.25, 0.3) is 0 Å². The minimum Gasteiger partial charge on any atom is -0.490 e. The third kappa shape index (κ3) is 5.13. The van der Waals surface area contributed by atoms with Crippen LogP contribution in [0.4, 0.5) is 0 Å². The maximum atomic E-state index is 9.82. The Morgan fingerprint density at radius 3 is 2.67 bits per heavy atom. The monoisotopic (exact) mass is 404 g/mol. The Morgan fingerprint density at radius 2 is 1.90 bits per heavy atom. The SMILES string of the molecule is C=CCOc1ccc2c(c1)c(CN1CCC(O)CC1)cn2CCCc1ccccc1. The standard InChI is InChI=1S/C26H32N2O2/c1-2-17-30-24-10-11-26-25(18-24)22(19-27-15-12-23(29)13-16-27)20-28(26)14-6-9-21-7-4-3-5-8-21/h2-5,7-8,10-11,18,20,23,29H,1,6,9,12-17,19H2. The number of aliphatic hydroxyl groups excluding tert-OH is 1. The summed E-state index contributed by atoms with van der Waals surface area (Å²) in [6.07, 6.45) is 7.88. The van der Waals surface area contributed by atoms with Gasteiger partial charge in [-0.1, -0.05) is 43.0 Å². The summed E-state index contributed by atoms with van der Waals surface area (Å²) in [5.74, 6) is 0.889. The zero-order valence-corrected chi connectivity index (χ0v) is 17.7. The number of aliphatic hydroxyl groups is 1. The van der Waals surface area contributed by atoms with Gasteiger partial charge in [0, 0.05) is 43.3 Å². The number of hydrogen-bond donors (Lipinski definition) is 1. The van der Waals surface area contributed by atoms with Gasteiger partial charge in [0.1, 0.15) is 12.4 Å². The van der Waals surface area contributed by atoms with Crippen molar-refractivity contribution in [2.45, 2.75) is 44.9 Å². The van der Waals surface area contributed by atoms with E-state index in [2.05, 4.69) is 70.8 Å². The molecule has 30 heavy (non-hydrogen) atoms. The molecular formula is C26H32N2O2. The van der Waals surface area contributed by atoms with E-state index in [-0.39, 0.29) is 6.10 Å². The lowest BCUT2D eigenvalue weighted by Crippen LogP contribution is -2.35. The second-order valence-corrected chi connectivity index (χ2v) is 8.22. The molecule has 0 radical (unpaired) electrons. The van der Waals surface area contributed by atoms with Gasteiger partial charge in [-0.15, -0.1) is 0 Å². The minimum absolute atomic E-state index is 0.139. The van der Waals surface area contributed by atoms with Crippen LogP contribution in [0, 0.1) is 0 Å². The van der Waals surface area contributed by atoms with Crippen LogP contribution in [0.25, 0.3) is 10.9 Å². The van der Waals surface area contributed by atoms with Crippen LogP contribution in [-0.4, -0.2) is 40.4 Å². The van der Waals surface area contributed by atoms with Crippen molar-refractivity contribution < 1.29 is 9.84 Å². The lowest BCUT2D eigenvalue weighted by Gasteiger charge is -2.29. The number of piperidine rings is 1. The molecule has 1 aliphatic heterocycles. The van der Waals surface area contributed by atoms with Crippen molar-refractivity contribution >= 4 is 10.9 Å².